The molecule has 0 radical (unpaired) electrons. The normalized spacial score (nSPS) is 18.5. The highest BCUT2D eigenvalue weighted by atomic mass is 16.5. The Labute approximate surface area is 156 Å². The van der Waals surface area contributed by atoms with Crippen LogP contribution in [0, 0.1) is 0 Å². The number of rotatable bonds is 5. The maximum absolute atomic E-state index is 12.7. The van der Waals surface area contributed by atoms with Gasteiger partial charge in [-0.15, -0.1) is 0 Å². The van der Waals surface area contributed by atoms with Gasteiger partial charge in [0.05, 0.1) is 6.20 Å². The quantitative estimate of drug-likeness (QED) is 0.719. The first kappa shape index (κ1) is 19.1. The lowest BCUT2D eigenvalue weighted by Gasteiger charge is -2.36. The molecule has 9 nitrogen and oxygen atoms in total. The molecule has 2 aromatic rings. The van der Waals surface area contributed by atoms with Gasteiger partial charge in [0.1, 0.15) is 18.3 Å². The second-order valence-corrected chi connectivity index (χ2v) is 6.90. The average Bonchev–Trinajstić information content (AvgIpc) is 3.05. The third-order valence-corrected chi connectivity index (χ3v) is 5.06. The summed E-state index contributed by atoms with van der Waals surface area (Å²) in [5, 5.41) is 4.32. The van der Waals surface area contributed by atoms with Crippen molar-refractivity contribution in [2.75, 3.05) is 6.54 Å². The highest BCUT2D eigenvalue weighted by Crippen LogP contribution is 2.20. The Kier molecular flexibility index (Phi) is 5.57. The van der Waals surface area contributed by atoms with Crippen molar-refractivity contribution in [1.82, 2.24) is 24.2 Å². The van der Waals surface area contributed by atoms with Crippen molar-refractivity contribution in [3.05, 3.63) is 22.9 Å². The van der Waals surface area contributed by atoms with Crippen molar-refractivity contribution in [2.24, 2.45) is 7.05 Å². The molecule has 0 spiro atoms. The van der Waals surface area contributed by atoms with Gasteiger partial charge in [-0.3, -0.25) is 23.6 Å². The smallest absolute Gasteiger partial charge is 0.326 e. The standard InChI is InChI=1S/C18H25N5O4/c1-4-13-7-5-6-8-23(13)17(25)12(2)27-15(24)10-22-11-19-16-14(18(22)26)9-20-21(16)3/h9,11-13H,4-8,10H2,1-3H3. The van der Waals surface area contributed by atoms with E-state index in [9.17, 15) is 14.4 Å². The number of amides is 1. The summed E-state index contributed by atoms with van der Waals surface area (Å²) in [5.74, 6) is -0.823. The predicted octanol–water partition coefficient (Wildman–Crippen LogP) is 0.853. The second-order valence-electron chi connectivity index (χ2n) is 6.90. The summed E-state index contributed by atoms with van der Waals surface area (Å²) < 4.78 is 7.95. The lowest BCUT2D eigenvalue weighted by atomic mass is 9.99. The third-order valence-electron chi connectivity index (χ3n) is 5.06. The summed E-state index contributed by atoms with van der Waals surface area (Å²) in [6.07, 6.45) is 5.78. The minimum absolute atomic E-state index is 0.178. The van der Waals surface area contributed by atoms with Gasteiger partial charge in [-0.25, -0.2) is 4.98 Å². The van der Waals surface area contributed by atoms with Crippen LogP contribution in [-0.4, -0.2) is 54.8 Å². The Bertz CT molecular complexity index is 903. The molecule has 3 rings (SSSR count). The molecule has 1 aliphatic rings. The van der Waals surface area contributed by atoms with Crippen LogP contribution in [0.15, 0.2) is 17.3 Å². The Morgan fingerprint density at radius 2 is 2.15 bits per heavy atom. The summed E-state index contributed by atoms with van der Waals surface area (Å²) in [7, 11) is 1.69. The zero-order valence-electron chi connectivity index (χ0n) is 15.9. The number of fused-ring (bicyclic) bond motifs is 1. The van der Waals surface area contributed by atoms with Gasteiger partial charge in [0.15, 0.2) is 11.8 Å². The molecule has 0 N–H and O–H groups in total. The van der Waals surface area contributed by atoms with E-state index >= 15 is 0 Å². The summed E-state index contributed by atoms with van der Waals surface area (Å²) in [6.45, 7) is 4.03. The minimum Gasteiger partial charge on any atom is -0.451 e. The molecule has 2 atom stereocenters. The lowest BCUT2D eigenvalue weighted by molar-refractivity contribution is -0.161. The van der Waals surface area contributed by atoms with E-state index in [1.54, 1.807) is 14.0 Å². The molecule has 1 amide bonds. The molecule has 0 aliphatic carbocycles. The number of carbonyl (C=O) groups excluding carboxylic acids is 2. The summed E-state index contributed by atoms with van der Waals surface area (Å²) in [5.41, 5.74) is 0.0787. The highest BCUT2D eigenvalue weighted by molar-refractivity contribution is 5.84. The van der Waals surface area contributed by atoms with Crippen LogP contribution in [0.2, 0.25) is 0 Å². The van der Waals surface area contributed by atoms with Gasteiger partial charge in [-0.05, 0) is 32.6 Å². The van der Waals surface area contributed by atoms with E-state index in [4.69, 9.17) is 4.74 Å². The largest absolute Gasteiger partial charge is 0.451 e. The van der Waals surface area contributed by atoms with Crippen molar-refractivity contribution in [2.45, 2.75) is 58.2 Å². The number of piperidine rings is 1. The van der Waals surface area contributed by atoms with E-state index in [0.717, 1.165) is 25.7 Å². The molecular weight excluding hydrogens is 350 g/mol. The Morgan fingerprint density at radius 1 is 1.37 bits per heavy atom. The van der Waals surface area contributed by atoms with Crippen molar-refractivity contribution in [1.29, 1.82) is 0 Å². The molecule has 1 fully saturated rings. The number of hydrogen-bond donors (Lipinski definition) is 0. The van der Waals surface area contributed by atoms with Gasteiger partial charge in [0, 0.05) is 19.6 Å². The first-order chi connectivity index (χ1) is 12.9. The first-order valence-corrected chi connectivity index (χ1v) is 9.29. The molecule has 27 heavy (non-hydrogen) atoms. The molecule has 0 bridgehead atoms. The number of likely N-dealkylation sites (tertiary alicyclic amines) is 1. The van der Waals surface area contributed by atoms with E-state index in [2.05, 4.69) is 17.0 Å². The summed E-state index contributed by atoms with van der Waals surface area (Å²) in [6, 6.07) is 0.201. The molecule has 146 valence electrons. The van der Waals surface area contributed by atoms with Crippen molar-refractivity contribution in [3.63, 3.8) is 0 Å². The number of aryl methyl sites for hydroxylation is 1. The molecule has 9 heteroatoms. The van der Waals surface area contributed by atoms with Crippen LogP contribution in [-0.2, 0) is 27.9 Å². The molecule has 0 saturated carbocycles. The van der Waals surface area contributed by atoms with Gasteiger partial charge < -0.3 is 9.64 Å². The molecule has 3 heterocycles. The van der Waals surface area contributed by atoms with Crippen molar-refractivity contribution >= 4 is 22.9 Å². The SMILES string of the molecule is CCC1CCCCN1C(=O)C(C)OC(=O)Cn1cnc2c(cnn2C)c1=O. The van der Waals surface area contributed by atoms with Crippen molar-refractivity contribution < 1.29 is 14.3 Å². The number of hydrogen-bond acceptors (Lipinski definition) is 6. The van der Waals surface area contributed by atoms with E-state index in [0.29, 0.717) is 17.6 Å². The van der Waals surface area contributed by atoms with Gasteiger partial charge >= 0.3 is 5.97 Å². The Morgan fingerprint density at radius 3 is 2.89 bits per heavy atom. The zero-order chi connectivity index (χ0) is 19.6. The predicted molar refractivity (Wildman–Crippen MR) is 98.0 cm³/mol. The number of aromatic nitrogens is 4. The van der Waals surface area contributed by atoms with Gasteiger partial charge in [-0.2, -0.15) is 5.10 Å². The van der Waals surface area contributed by atoms with Crippen molar-refractivity contribution in [3.8, 4) is 0 Å². The van der Waals surface area contributed by atoms with Crippen LogP contribution >= 0.6 is 0 Å². The number of carbonyl (C=O) groups is 2. The minimum atomic E-state index is -0.879. The van der Waals surface area contributed by atoms with Gasteiger partial charge in [0.25, 0.3) is 11.5 Å². The fourth-order valence-corrected chi connectivity index (χ4v) is 3.55. The maximum atomic E-state index is 12.7. The Balaban J connectivity index is 1.66. The monoisotopic (exact) mass is 375 g/mol. The molecule has 2 aromatic heterocycles. The molecule has 0 aromatic carbocycles. The summed E-state index contributed by atoms with van der Waals surface area (Å²) in [4.78, 5) is 43.3. The van der Waals surface area contributed by atoms with Gasteiger partial charge in [-0.1, -0.05) is 6.92 Å². The molecule has 1 saturated heterocycles. The van der Waals surface area contributed by atoms with E-state index in [1.165, 1.54) is 21.8 Å². The van der Waals surface area contributed by atoms with Crippen LogP contribution in [0.5, 0.6) is 0 Å². The van der Waals surface area contributed by atoms with Crippen LogP contribution in [0.3, 0.4) is 0 Å². The number of ether oxygens (including phenoxy) is 1. The molecule has 1 aliphatic heterocycles. The third kappa shape index (κ3) is 3.86. The van der Waals surface area contributed by atoms with Crippen LogP contribution in [0.25, 0.3) is 11.0 Å². The lowest BCUT2D eigenvalue weighted by Crippen LogP contribution is -2.48. The maximum Gasteiger partial charge on any atom is 0.326 e. The first-order valence-electron chi connectivity index (χ1n) is 9.29. The van der Waals surface area contributed by atoms with Gasteiger partial charge in [0.2, 0.25) is 0 Å². The number of esters is 1. The van der Waals surface area contributed by atoms with Crippen LogP contribution in [0.1, 0.15) is 39.5 Å². The van der Waals surface area contributed by atoms with Crippen LogP contribution in [0.4, 0.5) is 0 Å². The summed E-state index contributed by atoms with van der Waals surface area (Å²) >= 11 is 0. The number of nitrogens with zero attached hydrogens (tertiary/aromatic N) is 5. The second kappa shape index (κ2) is 7.89. The fraction of sp³-hybridized carbons (Fsp3) is 0.611. The topological polar surface area (TPSA) is 99.3 Å². The molecule has 2 unspecified atom stereocenters. The molecular formula is C18H25N5O4. The average molecular weight is 375 g/mol. The van der Waals surface area contributed by atoms with E-state index < -0.39 is 12.1 Å². The zero-order valence-corrected chi connectivity index (χ0v) is 15.9. The highest BCUT2D eigenvalue weighted by Gasteiger charge is 2.30. The van der Waals surface area contributed by atoms with Crippen LogP contribution < -0.4 is 5.56 Å². The fourth-order valence-electron chi connectivity index (χ4n) is 3.55. The Hall–Kier alpha value is -2.71. The van der Waals surface area contributed by atoms with E-state index in [-0.39, 0.29) is 24.1 Å². The van der Waals surface area contributed by atoms with E-state index in [1.807, 2.05) is 4.90 Å².